The smallest absolute Gasteiger partial charge is 0.341 e. The maximum atomic E-state index is 11.0. The number of carbonyl (C=O) groups is 1. The Bertz CT molecular complexity index is 576. The normalized spacial score (nSPS) is 10.1. The Morgan fingerprint density at radius 2 is 2.11 bits per heavy atom. The monoisotopic (exact) mass is 249 g/mol. The van der Waals surface area contributed by atoms with Crippen LogP contribution in [0.5, 0.6) is 11.5 Å². The zero-order chi connectivity index (χ0) is 13.1. The van der Waals surface area contributed by atoms with E-state index in [1.807, 2.05) is 0 Å². The standard InChI is InChI=1S/C12H11NO5/c1-16-7-3-4-8(10(5-7)17-2)11-9(12(14)15)6-18-13-11/h3-6H,1-2H3,(H,14,15). The Hall–Kier alpha value is -2.50. The molecule has 0 fully saturated rings. The second-order valence-electron chi connectivity index (χ2n) is 3.45. The molecule has 6 nitrogen and oxygen atoms in total. The summed E-state index contributed by atoms with van der Waals surface area (Å²) in [7, 11) is 3.02. The number of aromatic nitrogens is 1. The first-order valence-corrected chi connectivity index (χ1v) is 5.07. The molecule has 2 aromatic rings. The lowest BCUT2D eigenvalue weighted by molar-refractivity contribution is 0.0697. The van der Waals surface area contributed by atoms with Crippen LogP contribution >= 0.6 is 0 Å². The van der Waals surface area contributed by atoms with Crippen LogP contribution in [0.25, 0.3) is 11.3 Å². The van der Waals surface area contributed by atoms with Gasteiger partial charge < -0.3 is 19.1 Å². The van der Waals surface area contributed by atoms with Crippen LogP contribution in [0.3, 0.4) is 0 Å². The predicted octanol–water partition coefficient (Wildman–Crippen LogP) is 2.06. The van der Waals surface area contributed by atoms with Crippen LogP contribution in [0, 0.1) is 0 Å². The number of carboxylic acid groups (broad SMARTS) is 1. The number of rotatable bonds is 4. The van der Waals surface area contributed by atoms with Crippen molar-refractivity contribution in [2.75, 3.05) is 14.2 Å². The molecule has 0 aliphatic rings. The number of benzene rings is 1. The Kier molecular flexibility index (Phi) is 3.18. The minimum atomic E-state index is -1.11. The third kappa shape index (κ3) is 2.00. The van der Waals surface area contributed by atoms with Crippen LogP contribution in [-0.4, -0.2) is 30.5 Å². The van der Waals surface area contributed by atoms with Crippen molar-refractivity contribution in [3.8, 4) is 22.8 Å². The molecule has 0 spiro atoms. The summed E-state index contributed by atoms with van der Waals surface area (Å²) >= 11 is 0. The van der Waals surface area contributed by atoms with Gasteiger partial charge in [0.1, 0.15) is 29.0 Å². The van der Waals surface area contributed by atoms with Crippen molar-refractivity contribution in [1.82, 2.24) is 5.16 Å². The number of carboxylic acids is 1. The highest BCUT2D eigenvalue weighted by atomic mass is 16.5. The summed E-state index contributed by atoms with van der Waals surface area (Å²) in [4.78, 5) is 11.0. The lowest BCUT2D eigenvalue weighted by atomic mass is 10.1. The van der Waals surface area contributed by atoms with Crippen LogP contribution in [0.1, 0.15) is 10.4 Å². The lowest BCUT2D eigenvalue weighted by Crippen LogP contribution is -1.98. The minimum absolute atomic E-state index is 0.0153. The van der Waals surface area contributed by atoms with Crippen LogP contribution in [0.4, 0.5) is 0 Å². The van der Waals surface area contributed by atoms with Gasteiger partial charge in [0, 0.05) is 11.6 Å². The Balaban J connectivity index is 2.56. The first-order chi connectivity index (χ1) is 8.67. The summed E-state index contributed by atoms with van der Waals surface area (Å²) in [6.45, 7) is 0. The van der Waals surface area contributed by atoms with Gasteiger partial charge in [-0.3, -0.25) is 0 Å². The second kappa shape index (κ2) is 4.79. The van der Waals surface area contributed by atoms with Crippen LogP contribution < -0.4 is 9.47 Å². The van der Waals surface area contributed by atoms with Crippen molar-refractivity contribution in [2.24, 2.45) is 0 Å². The zero-order valence-electron chi connectivity index (χ0n) is 9.84. The van der Waals surface area contributed by atoms with E-state index in [9.17, 15) is 4.79 Å². The first kappa shape index (κ1) is 12.0. The molecule has 0 aliphatic carbocycles. The van der Waals surface area contributed by atoms with E-state index in [2.05, 4.69) is 5.16 Å². The molecule has 1 N–H and O–H groups in total. The number of hydrogen-bond donors (Lipinski definition) is 1. The van der Waals surface area contributed by atoms with E-state index < -0.39 is 5.97 Å². The SMILES string of the molecule is COc1ccc(-c2nocc2C(=O)O)c(OC)c1. The second-order valence-corrected chi connectivity index (χ2v) is 3.45. The van der Waals surface area contributed by atoms with Gasteiger partial charge in [-0.15, -0.1) is 0 Å². The van der Waals surface area contributed by atoms with Gasteiger partial charge in [-0.2, -0.15) is 0 Å². The van der Waals surface area contributed by atoms with Crippen molar-refractivity contribution in [3.63, 3.8) is 0 Å². The summed E-state index contributed by atoms with van der Waals surface area (Å²) in [5.41, 5.74) is 0.741. The first-order valence-electron chi connectivity index (χ1n) is 5.07. The fourth-order valence-electron chi connectivity index (χ4n) is 1.58. The molecule has 6 heteroatoms. The van der Waals surface area contributed by atoms with Crippen molar-refractivity contribution in [3.05, 3.63) is 30.0 Å². The summed E-state index contributed by atoms with van der Waals surface area (Å²) in [5.74, 6) is -0.0363. The molecule has 0 unspecified atom stereocenters. The van der Waals surface area contributed by atoms with Gasteiger partial charge >= 0.3 is 5.97 Å². The van der Waals surface area contributed by atoms with Gasteiger partial charge in [-0.25, -0.2) is 4.79 Å². The quantitative estimate of drug-likeness (QED) is 0.893. The van der Waals surface area contributed by atoms with Crippen LogP contribution in [-0.2, 0) is 0 Å². The predicted molar refractivity (Wildman–Crippen MR) is 62.0 cm³/mol. The molecule has 18 heavy (non-hydrogen) atoms. The molecule has 0 amide bonds. The van der Waals surface area contributed by atoms with E-state index in [0.717, 1.165) is 6.26 Å². The summed E-state index contributed by atoms with van der Waals surface area (Å²) < 4.78 is 15.0. The van der Waals surface area contributed by atoms with Crippen molar-refractivity contribution >= 4 is 5.97 Å². The fourth-order valence-corrected chi connectivity index (χ4v) is 1.58. The van der Waals surface area contributed by atoms with Gasteiger partial charge in [-0.05, 0) is 12.1 Å². The summed E-state index contributed by atoms with van der Waals surface area (Å²) in [6, 6.07) is 5.01. The van der Waals surface area contributed by atoms with E-state index in [0.29, 0.717) is 17.1 Å². The minimum Gasteiger partial charge on any atom is -0.497 e. The number of ether oxygens (including phenoxy) is 2. The number of nitrogens with zero attached hydrogens (tertiary/aromatic N) is 1. The van der Waals surface area contributed by atoms with Gasteiger partial charge in [0.05, 0.1) is 14.2 Å². The molecule has 0 bridgehead atoms. The maximum absolute atomic E-state index is 11.0. The fraction of sp³-hybridized carbons (Fsp3) is 0.167. The molecule has 0 atom stereocenters. The Morgan fingerprint density at radius 1 is 1.33 bits per heavy atom. The lowest BCUT2D eigenvalue weighted by Gasteiger charge is -2.08. The average molecular weight is 249 g/mol. The summed E-state index contributed by atoms with van der Waals surface area (Å²) in [6.07, 6.45) is 1.08. The highest BCUT2D eigenvalue weighted by Gasteiger charge is 2.19. The Morgan fingerprint density at radius 3 is 2.72 bits per heavy atom. The number of hydrogen-bond acceptors (Lipinski definition) is 5. The third-order valence-corrected chi connectivity index (χ3v) is 2.46. The average Bonchev–Trinajstić information content (AvgIpc) is 2.87. The van der Waals surface area contributed by atoms with Crippen molar-refractivity contribution in [2.45, 2.75) is 0 Å². The van der Waals surface area contributed by atoms with Gasteiger partial charge in [0.15, 0.2) is 0 Å². The molecule has 0 aliphatic heterocycles. The highest BCUT2D eigenvalue weighted by Crippen LogP contribution is 2.34. The van der Waals surface area contributed by atoms with Crippen molar-refractivity contribution in [1.29, 1.82) is 0 Å². The largest absolute Gasteiger partial charge is 0.497 e. The third-order valence-electron chi connectivity index (χ3n) is 2.46. The molecule has 1 aromatic carbocycles. The topological polar surface area (TPSA) is 81.8 Å². The maximum Gasteiger partial charge on any atom is 0.341 e. The molecular weight excluding hydrogens is 238 g/mol. The van der Waals surface area contributed by atoms with Crippen LogP contribution in [0.2, 0.25) is 0 Å². The van der Waals surface area contributed by atoms with E-state index in [1.54, 1.807) is 18.2 Å². The van der Waals surface area contributed by atoms with Gasteiger partial charge in [-0.1, -0.05) is 5.16 Å². The molecule has 0 saturated carbocycles. The molecular formula is C12H11NO5. The molecule has 2 rings (SSSR count). The van der Waals surface area contributed by atoms with E-state index in [4.69, 9.17) is 19.1 Å². The number of aromatic carboxylic acids is 1. The molecule has 0 saturated heterocycles. The molecule has 0 radical (unpaired) electrons. The summed E-state index contributed by atoms with van der Waals surface area (Å²) in [5, 5.41) is 12.7. The molecule has 1 aromatic heterocycles. The van der Waals surface area contributed by atoms with E-state index >= 15 is 0 Å². The van der Waals surface area contributed by atoms with Gasteiger partial charge in [0.25, 0.3) is 0 Å². The van der Waals surface area contributed by atoms with E-state index in [1.165, 1.54) is 14.2 Å². The molecule has 94 valence electrons. The van der Waals surface area contributed by atoms with Gasteiger partial charge in [0.2, 0.25) is 0 Å². The number of methoxy groups -OCH3 is 2. The molecule has 1 heterocycles. The van der Waals surface area contributed by atoms with Crippen LogP contribution in [0.15, 0.2) is 29.0 Å². The highest BCUT2D eigenvalue weighted by molar-refractivity contribution is 5.95. The van der Waals surface area contributed by atoms with E-state index in [-0.39, 0.29) is 11.3 Å². The zero-order valence-corrected chi connectivity index (χ0v) is 9.84. The van der Waals surface area contributed by atoms with Crippen molar-refractivity contribution < 1.29 is 23.9 Å². The Labute approximate surface area is 103 Å².